The van der Waals surface area contributed by atoms with E-state index < -0.39 is 0 Å². The Morgan fingerprint density at radius 3 is 2.50 bits per heavy atom. The van der Waals surface area contributed by atoms with Crippen molar-refractivity contribution >= 4 is 34.2 Å². The topological polar surface area (TPSA) is 29.5 Å². The van der Waals surface area contributed by atoms with Crippen LogP contribution in [-0.4, -0.2) is 13.0 Å². The van der Waals surface area contributed by atoms with Crippen molar-refractivity contribution in [3.63, 3.8) is 0 Å². The van der Waals surface area contributed by atoms with E-state index in [-0.39, 0.29) is 11.7 Å². The minimum absolute atomic E-state index is 0.197. The number of benzene rings is 2. The van der Waals surface area contributed by atoms with Gasteiger partial charge in [-0.1, -0.05) is 25.6 Å². The summed E-state index contributed by atoms with van der Waals surface area (Å²) in [7, 11) is 1.60. The molecular weight excluding hydrogens is 420 g/mol. The van der Waals surface area contributed by atoms with Gasteiger partial charge < -0.3 is 9.64 Å². The molecule has 0 unspecified atom stereocenters. The summed E-state index contributed by atoms with van der Waals surface area (Å²) in [5.74, 6) is 0.173. The Morgan fingerprint density at radius 1 is 1.25 bits per heavy atom. The Hall–Kier alpha value is -1.89. The number of ether oxygens (including phenoxy) is 1. The van der Waals surface area contributed by atoms with Crippen molar-refractivity contribution in [1.29, 1.82) is 0 Å². The fourth-order valence-corrected chi connectivity index (χ4v) is 2.84. The third kappa shape index (κ3) is 4.35. The molecule has 0 aliphatic carbocycles. The van der Waals surface area contributed by atoms with Crippen molar-refractivity contribution in [2.45, 2.75) is 19.9 Å². The molecule has 0 atom stereocenters. The van der Waals surface area contributed by atoms with Crippen molar-refractivity contribution < 1.29 is 13.9 Å². The number of hydrogen-bond donors (Lipinski definition) is 0. The van der Waals surface area contributed by atoms with Gasteiger partial charge in [0.25, 0.3) is 5.91 Å². The number of methoxy groups -OCH3 is 1. The molecular formula is C19H19FINO2. The Bertz CT molecular complexity index is 744. The molecule has 0 spiro atoms. The lowest BCUT2D eigenvalue weighted by atomic mass is 10.1. The molecule has 126 valence electrons. The zero-order valence-electron chi connectivity index (χ0n) is 13.7. The fourth-order valence-electron chi connectivity index (χ4n) is 2.21. The van der Waals surface area contributed by atoms with Gasteiger partial charge in [0.15, 0.2) is 0 Å². The van der Waals surface area contributed by atoms with Crippen LogP contribution in [0.1, 0.15) is 18.9 Å². The molecule has 0 N–H and O–H groups in total. The predicted octanol–water partition coefficient (Wildman–Crippen LogP) is 4.94. The first-order chi connectivity index (χ1) is 11.5. The first-order valence-electron chi connectivity index (χ1n) is 7.54. The lowest BCUT2D eigenvalue weighted by Crippen LogP contribution is -2.32. The highest BCUT2D eigenvalue weighted by atomic mass is 127. The van der Waals surface area contributed by atoms with Crippen LogP contribution in [0.25, 0.3) is 0 Å². The summed E-state index contributed by atoms with van der Waals surface area (Å²) in [6.45, 7) is 6.05. The molecule has 2 rings (SSSR count). The second-order valence-corrected chi connectivity index (χ2v) is 6.45. The molecule has 1 amide bonds. The van der Waals surface area contributed by atoms with Crippen molar-refractivity contribution in [2.75, 3.05) is 12.0 Å². The molecule has 0 saturated heterocycles. The highest BCUT2D eigenvalue weighted by molar-refractivity contribution is 14.1. The summed E-state index contributed by atoms with van der Waals surface area (Å²) in [5, 5.41) is 0. The average molecular weight is 439 g/mol. The van der Waals surface area contributed by atoms with Gasteiger partial charge in [0.2, 0.25) is 0 Å². The van der Waals surface area contributed by atoms with Crippen LogP contribution in [0.4, 0.5) is 10.1 Å². The van der Waals surface area contributed by atoms with E-state index in [0.717, 1.165) is 14.9 Å². The van der Waals surface area contributed by atoms with Crippen LogP contribution in [0.2, 0.25) is 0 Å². The Labute approximate surface area is 155 Å². The van der Waals surface area contributed by atoms with Crippen molar-refractivity contribution in [1.82, 2.24) is 0 Å². The molecule has 24 heavy (non-hydrogen) atoms. The molecule has 2 aromatic rings. The second-order valence-electron chi connectivity index (χ2n) is 5.29. The first-order valence-corrected chi connectivity index (χ1v) is 8.61. The summed E-state index contributed by atoms with van der Waals surface area (Å²) >= 11 is 2.10. The SMILES string of the molecule is C=C(CC)C(=O)N(Cc1ccc(OC)cc1)c1cc(F)ccc1I. The van der Waals surface area contributed by atoms with Crippen LogP contribution in [-0.2, 0) is 11.3 Å². The average Bonchev–Trinajstić information content (AvgIpc) is 2.61. The summed E-state index contributed by atoms with van der Waals surface area (Å²) in [6, 6.07) is 11.9. The van der Waals surface area contributed by atoms with Gasteiger partial charge in [-0.2, -0.15) is 0 Å². The molecule has 0 fully saturated rings. The van der Waals surface area contributed by atoms with Gasteiger partial charge in [-0.25, -0.2) is 4.39 Å². The summed E-state index contributed by atoms with van der Waals surface area (Å²) in [6.07, 6.45) is 0.545. The second kappa shape index (κ2) is 8.28. The normalized spacial score (nSPS) is 10.3. The van der Waals surface area contributed by atoms with Gasteiger partial charge in [0.1, 0.15) is 11.6 Å². The molecule has 0 radical (unpaired) electrons. The van der Waals surface area contributed by atoms with Gasteiger partial charge in [-0.05, 0) is 64.9 Å². The molecule has 2 aromatic carbocycles. The lowest BCUT2D eigenvalue weighted by Gasteiger charge is -2.25. The number of nitrogens with zero attached hydrogens (tertiary/aromatic N) is 1. The highest BCUT2D eigenvalue weighted by Gasteiger charge is 2.21. The number of hydrogen-bond acceptors (Lipinski definition) is 2. The van der Waals surface area contributed by atoms with E-state index in [1.54, 1.807) is 18.1 Å². The zero-order chi connectivity index (χ0) is 17.7. The lowest BCUT2D eigenvalue weighted by molar-refractivity contribution is -0.115. The molecule has 0 saturated carbocycles. The summed E-state index contributed by atoms with van der Waals surface area (Å²) in [5.41, 5.74) is 1.96. The Kier molecular flexibility index (Phi) is 6.36. The van der Waals surface area contributed by atoms with E-state index in [4.69, 9.17) is 4.74 Å². The molecule has 0 aliphatic rings. The molecule has 0 bridgehead atoms. The first kappa shape index (κ1) is 18.4. The molecule has 0 aliphatic heterocycles. The monoisotopic (exact) mass is 439 g/mol. The van der Waals surface area contributed by atoms with Gasteiger partial charge in [0.05, 0.1) is 19.3 Å². The van der Waals surface area contributed by atoms with Crippen LogP contribution in [0, 0.1) is 9.39 Å². The van der Waals surface area contributed by atoms with Crippen LogP contribution in [0.5, 0.6) is 5.75 Å². The summed E-state index contributed by atoms with van der Waals surface area (Å²) in [4.78, 5) is 14.3. The molecule has 0 aromatic heterocycles. The number of anilines is 1. The quantitative estimate of drug-likeness (QED) is 0.472. The largest absolute Gasteiger partial charge is 0.497 e. The van der Waals surface area contributed by atoms with Crippen molar-refractivity contribution in [3.05, 3.63) is 69.6 Å². The minimum Gasteiger partial charge on any atom is -0.497 e. The zero-order valence-corrected chi connectivity index (χ0v) is 15.8. The van der Waals surface area contributed by atoms with Gasteiger partial charge in [-0.15, -0.1) is 0 Å². The van der Waals surface area contributed by atoms with Gasteiger partial charge in [0, 0.05) is 9.14 Å². The third-order valence-electron chi connectivity index (χ3n) is 3.67. The van der Waals surface area contributed by atoms with E-state index in [9.17, 15) is 9.18 Å². The molecule has 0 heterocycles. The smallest absolute Gasteiger partial charge is 0.253 e. The predicted molar refractivity (Wildman–Crippen MR) is 103 cm³/mol. The van der Waals surface area contributed by atoms with E-state index >= 15 is 0 Å². The number of halogens is 2. The van der Waals surface area contributed by atoms with E-state index in [0.29, 0.717) is 24.2 Å². The third-order valence-corrected chi connectivity index (χ3v) is 4.59. The maximum absolute atomic E-state index is 13.7. The maximum atomic E-state index is 13.7. The molecule has 5 heteroatoms. The minimum atomic E-state index is -0.375. The maximum Gasteiger partial charge on any atom is 0.253 e. The summed E-state index contributed by atoms with van der Waals surface area (Å²) < 4.78 is 19.7. The van der Waals surface area contributed by atoms with Crippen LogP contribution in [0.3, 0.4) is 0 Å². The molecule has 3 nitrogen and oxygen atoms in total. The number of rotatable bonds is 6. The van der Waals surface area contributed by atoms with Crippen molar-refractivity contribution in [2.24, 2.45) is 0 Å². The standard InChI is InChI=1S/C19H19FINO2/c1-4-13(2)19(23)22(18-11-15(20)7-10-17(18)21)12-14-5-8-16(24-3)9-6-14/h5-11H,2,4,12H2,1,3H3. The van der Waals surface area contributed by atoms with E-state index in [1.807, 2.05) is 31.2 Å². The van der Waals surface area contributed by atoms with E-state index in [2.05, 4.69) is 29.2 Å². The number of carbonyl (C=O) groups is 1. The number of carbonyl (C=O) groups excluding carboxylic acids is 1. The van der Waals surface area contributed by atoms with Crippen molar-refractivity contribution in [3.8, 4) is 5.75 Å². The van der Waals surface area contributed by atoms with Crippen LogP contribution < -0.4 is 9.64 Å². The highest BCUT2D eigenvalue weighted by Crippen LogP contribution is 2.27. The van der Waals surface area contributed by atoms with Crippen LogP contribution in [0.15, 0.2) is 54.6 Å². The van der Waals surface area contributed by atoms with Gasteiger partial charge in [-0.3, -0.25) is 4.79 Å². The van der Waals surface area contributed by atoms with Crippen LogP contribution >= 0.6 is 22.6 Å². The Morgan fingerprint density at radius 2 is 1.92 bits per heavy atom. The van der Waals surface area contributed by atoms with E-state index in [1.165, 1.54) is 12.1 Å². The van der Waals surface area contributed by atoms with Gasteiger partial charge >= 0.3 is 0 Å². The Balaban J connectivity index is 2.40. The number of amides is 1. The fraction of sp³-hybridized carbons (Fsp3) is 0.211.